The van der Waals surface area contributed by atoms with Crippen molar-refractivity contribution in [2.75, 3.05) is 6.61 Å². The molecule has 0 amide bonds. The lowest BCUT2D eigenvalue weighted by atomic mass is 10.1. The molecule has 17 heavy (non-hydrogen) atoms. The van der Waals surface area contributed by atoms with Gasteiger partial charge in [0, 0.05) is 6.42 Å². The molecule has 0 N–H and O–H groups in total. The van der Waals surface area contributed by atoms with Gasteiger partial charge < -0.3 is 4.74 Å². The van der Waals surface area contributed by atoms with Crippen LogP contribution < -0.4 is 4.74 Å². The van der Waals surface area contributed by atoms with Gasteiger partial charge in [-0.05, 0) is 29.7 Å². The Morgan fingerprint density at radius 1 is 1.00 bits per heavy atom. The van der Waals surface area contributed by atoms with E-state index in [0.717, 1.165) is 18.8 Å². The van der Waals surface area contributed by atoms with Crippen molar-refractivity contribution < 1.29 is 4.74 Å². The molecule has 0 atom stereocenters. The Bertz CT molecular complexity index is 448. The molecule has 2 aromatic carbocycles. The van der Waals surface area contributed by atoms with Crippen LogP contribution >= 0.6 is 0 Å². The maximum absolute atomic E-state index is 5.73. The summed E-state index contributed by atoms with van der Waals surface area (Å²) in [7, 11) is 0. The average molecular weight is 225 g/mol. The topological polar surface area (TPSA) is 9.23 Å². The summed E-state index contributed by atoms with van der Waals surface area (Å²) in [5, 5.41) is 0. The van der Waals surface area contributed by atoms with Gasteiger partial charge in [-0.1, -0.05) is 49.4 Å². The first-order valence-corrected chi connectivity index (χ1v) is 5.94. The summed E-state index contributed by atoms with van der Waals surface area (Å²) >= 11 is 0. The standard InChI is InChI=1S/C16H17O/c1-2-14-9-6-10-16(13-14)17-12-11-15-7-4-3-5-8-15/h2-10,13H,11-12H2,1H3. The normalized spacial score (nSPS) is 10.2. The van der Waals surface area contributed by atoms with Gasteiger partial charge in [-0.15, -0.1) is 0 Å². The molecule has 0 saturated heterocycles. The van der Waals surface area contributed by atoms with Crippen LogP contribution in [0.25, 0.3) is 0 Å². The minimum Gasteiger partial charge on any atom is -0.493 e. The molecule has 0 aliphatic heterocycles. The van der Waals surface area contributed by atoms with E-state index < -0.39 is 0 Å². The predicted octanol–water partition coefficient (Wildman–Crippen LogP) is 3.88. The quantitative estimate of drug-likeness (QED) is 0.750. The van der Waals surface area contributed by atoms with Gasteiger partial charge in [0.05, 0.1) is 6.61 Å². The summed E-state index contributed by atoms with van der Waals surface area (Å²) in [6.07, 6.45) is 3.02. The third-order valence-corrected chi connectivity index (χ3v) is 2.69. The maximum Gasteiger partial charge on any atom is 0.119 e. The molecule has 0 heterocycles. The lowest BCUT2D eigenvalue weighted by Crippen LogP contribution is -2.01. The van der Waals surface area contributed by atoms with Crippen molar-refractivity contribution in [1.82, 2.24) is 0 Å². The summed E-state index contributed by atoms with van der Waals surface area (Å²) < 4.78 is 5.73. The molecule has 0 bridgehead atoms. The summed E-state index contributed by atoms with van der Waals surface area (Å²) in [4.78, 5) is 0. The van der Waals surface area contributed by atoms with Crippen LogP contribution in [-0.4, -0.2) is 6.61 Å². The third-order valence-electron chi connectivity index (χ3n) is 2.69. The van der Waals surface area contributed by atoms with E-state index in [-0.39, 0.29) is 0 Å². The second-order valence-electron chi connectivity index (χ2n) is 3.95. The Morgan fingerprint density at radius 3 is 2.59 bits per heavy atom. The Labute approximate surface area is 103 Å². The molecule has 1 radical (unpaired) electrons. The molecule has 1 nitrogen and oxygen atoms in total. The highest BCUT2D eigenvalue weighted by atomic mass is 16.5. The van der Waals surface area contributed by atoms with Crippen molar-refractivity contribution >= 4 is 0 Å². The average Bonchev–Trinajstić information content (AvgIpc) is 2.40. The van der Waals surface area contributed by atoms with Crippen LogP contribution in [0.2, 0.25) is 0 Å². The van der Waals surface area contributed by atoms with Crippen molar-refractivity contribution in [3.8, 4) is 5.75 Å². The third kappa shape index (κ3) is 3.63. The van der Waals surface area contributed by atoms with Gasteiger partial charge in [0.2, 0.25) is 0 Å². The van der Waals surface area contributed by atoms with Crippen LogP contribution in [0.3, 0.4) is 0 Å². The number of hydrogen-bond donors (Lipinski definition) is 0. The van der Waals surface area contributed by atoms with E-state index in [1.54, 1.807) is 0 Å². The molecule has 1 heteroatoms. The Morgan fingerprint density at radius 2 is 1.82 bits per heavy atom. The monoisotopic (exact) mass is 225 g/mol. The van der Waals surface area contributed by atoms with Gasteiger partial charge >= 0.3 is 0 Å². The van der Waals surface area contributed by atoms with E-state index in [0.29, 0.717) is 0 Å². The van der Waals surface area contributed by atoms with E-state index in [2.05, 4.69) is 42.8 Å². The lowest BCUT2D eigenvalue weighted by molar-refractivity contribution is 0.322. The largest absolute Gasteiger partial charge is 0.493 e. The number of hydrogen-bond acceptors (Lipinski definition) is 1. The zero-order valence-corrected chi connectivity index (χ0v) is 10.1. The zero-order valence-electron chi connectivity index (χ0n) is 10.1. The molecule has 0 unspecified atom stereocenters. The Balaban J connectivity index is 1.86. The van der Waals surface area contributed by atoms with Crippen molar-refractivity contribution in [3.05, 3.63) is 72.1 Å². The van der Waals surface area contributed by atoms with Crippen molar-refractivity contribution in [3.63, 3.8) is 0 Å². The molecule has 87 valence electrons. The molecule has 2 aromatic rings. The maximum atomic E-state index is 5.73. The smallest absolute Gasteiger partial charge is 0.119 e. The minimum absolute atomic E-state index is 0.719. The minimum atomic E-state index is 0.719. The van der Waals surface area contributed by atoms with Gasteiger partial charge in [-0.25, -0.2) is 0 Å². The molecular formula is C16H17O. The molecule has 0 saturated carbocycles. The van der Waals surface area contributed by atoms with Crippen molar-refractivity contribution in [2.45, 2.75) is 13.3 Å². The molecule has 0 aliphatic rings. The number of benzene rings is 2. The Hall–Kier alpha value is -1.76. The van der Waals surface area contributed by atoms with Crippen LogP contribution in [-0.2, 0) is 6.42 Å². The van der Waals surface area contributed by atoms with Crippen LogP contribution in [0.4, 0.5) is 0 Å². The van der Waals surface area contributed by atoms with Gasteiger partial charge in [-0.3, -0.25) is 0 Å². The highest BCUT2D eigenvalue weighted by Crippen LogP contribution is 2.14. The van der Waals surface area contributed by atoms with Crippen LogP contribution in [0.5, 0.6) is 5.75 Å². The second kappa shape index (κ2) is 6.09. The summed E-state index contributed by atoms with van der Waals surface area (Å²) in [6, 6.07) is 18.5. The zero-order chi connectivity index (χ0) is 11.9. The van der Waals surface area contributed by atoms with Crippen LogP contribution in [0.1, 0.15) is 18.1 Å². The SMILES string of the molecule is C[CH]c1cccc(OCCc2ccccc2)c1. The molecule has 0 aromatic heterocycles. The summed E-state index contributed by atoms with van der Waals surface area (Å²) in [5.41, 5.74) is 2.51. The fourth-order valence-electron chi connectivity index (χ4n) is 1.72. The van der Waals surface area contributed by atoms with Crippen molar-refractivity contribution in [2.24, 2.45) is 0 Å². The van der Waals surface area contributed by atoms with E-state index in [1.807, 2.05) is 25.1 Å². The lowest BCUT2D eigenvalue weighted by Gasteiger charge is -2.07. The van der Waals surface area contributed by atoms with E-state index in [4.69, 9.17) is 4.74 Å². The summed E-state index contributed by atoms with van der Waals surface area (Å²) in [6.45, 7) is 2.75. The van der Waals surface area contributed by atoms with E-state index in [9.17, 15) is 0 Å². The van der Waals surface area contributed by atoms with Gasteiger partial charge in [0.15, 0.2) is 0 Å². The molecule has 2 rings (SSSR count). The number of rotatable bonds is 5. The predicted molar refractivity (Wildman–Crippen MR) is 71.2 cm³/mol. The molecule has 0 fully saturated rings. The van der Waals surface area contributed by atoms with E-state index >= 15 is 0 Å². The van der Waals surface area contributed by atoms with Gasteiger partial charge in [0.25, 0.3) is 0 Å². The molecule has 0 aliphatic carbocycles. The highest BCUT2D eigenvalue weighted by molar-refractivity contribution is 5.32. The first-order chi connectivity index (χ1) is 8.38. The number of ether oxygens (including phenoxy) is 1. The first kappa shape index (κ1) is 11.7. The van der Waals surface area contributed by atoms with E-state index in [1.165, 1.54) is 11.1 Å². The fraction of sp³-hybridized carbons (Fsp3) is 0.188. The molecule has 0 spiro atoms. The van der Waals surface area contributed by atoms with Crippen LogP contribution in [0.15, 0.2) is 54.6 Å². The summed E-state index contributed by atoms with van der Waals surface area (Å²) in [5.74, 6) is 0.941. The van der Waals surface area contributed by atoms with Gasteiger partial charge in [-0.2, -0.15) is 0 Å². The molecular weight excluding hydrogens is 208 g/mol. The van der Waals surface area contributed by atoms with Gasteiger partial charge in [0.1, 0.15) is 5.75 Å². The van der Waals surface area contributed by atoms with Crippen molar-refractivity contribution in [1.29, 1.82) is 0 Å². The first-order valence-electron chi connectivity index (χ1n) is 5.94. The highest BCUT2D eigenvalue weighted by Gasteiger charge is 1.96. The fourth-order valence-corrected chi connectivity index (χ4v) is 1.72. The Kier molecular flexibility index (Phi) is 4.20. The second-order valence-corrected chi connectivity index (χ2v) is 3.95. The van der Waals surface area contributed by atoms with Crippen LogP contribution in [0, 0.1) is 6.42 Å².